The summed E-state index contributed by atoms with van der Waals surface area (Å²) in [6.07, 6.45) is 2.15. The second-order valence-electron chi connectivity index (χ2n) is 6.17. The molecule has 0 amide bonds. The first-order valence-electron chi connectivity index (χ1n) is 8.05. The third kappa shape index (κ3) is 3.92. The van der Waals surface area contributed by atoms with Crippen LogP contribution in [-0.2, 0) is 4.74 Å². The number of hydrogen-bond acceptors (Lipinski definition) is 7. The number of ether oxygens (including phenoxy) is 1. The summed E-state index contributed by atoms with van der Waals surface area (Å²) < 4.78 is 5.71. The zero-order valence-corrected chi connectivity index (χ0v) is 14.0. The molecular formula is C17H20N4O4. The number of aromatic nitrogens is 3. The second-order valence-corrected chi connectivity index (χ2v) is 6.17. The number of pyridine rings is 1. The number of aliphatic hydroxyl groups is 1. The Morgan fingerprint density at radius 1 is 1.24 bits per heavy atom. The molecule has 0 aromatic carbocycles. The van der Waals surface area contributed by atoms with Crippen LogP contribution in [0.2, 0.25) is 0 Å². The van der Waals surface area contributed by atoms with Crippen LogP contribution in [0.1, 0.15) is 24.2 Å². The van der Waals surface area contributed by atoms with E-state index in [0.717, 1.165) is 0 Å². The van der Waals surface area contributed by atoms with Gasteiger partial charge in [0.15, 0.2) is 0 Å². The summed E-state index contributed by atoms with van der Waals surface area (Å²) in [4.78, 5) is 25.9. The van der Waals surface area contributed by atoms with E-state index in [9.17, 15) is 9.90 Å². The van der Waals surface area contributed by atoms with Crippen molar-refractivity contribution in [1.29, 1.82) is 0 Å². The first-order valence-corrected chi connectivity index (χ1v) is 8.05. The van der Waals surface area contributed by atoms with Gasteiger partial charge in [0.05, 0.1) is 29.2 Å². The third-order valence-corrected chi connectivity index (χ3v) is 3.88. The van der Waals surface area contributed by atoms with Gasteiger partial charge in [-0.3, -0.25) is 4.98 Å². The fourth-order valence-electron chi connectivity index (χ4n) is 2.75. The zero-order chi connectivity index (χ0) is 18.0. The summed E-state index contributed by atoms with van der Waals surface area (Å²) in [5, 5.41) is 19.3. The molecule has 0 saturated carbocycles. The van der Waals surface area contributed by atoms with E-state index in [1.54, 1.807) is 12.3 Å². The van der Waals surface area contributed by atoms with Crippen LogP contribution in [0.3, 0.4) is 0 Å². The SMILES string of the molecule is CC(C)O[C@@H]1CN(c2nccc(-c3cc(C(=O)O)ccn3)n2)C[C@H]1O. The molecule has 25 heavy (non-hydrogen) atoms. The van der Waals surface area contributed by atoms with E-state index in [4.69, 9.17) is 9.84 Å². The van der Waals surface area contributed by atoms with E-state index < -0.39 is 12.1 Å². The Kier molecular flexibility index (Phi) is 4.91. The monoisotopic (exact) mass is 344 g/mol. The van der Waals surface area contributed by atoms with Crippen molar-refractivity contribution >= 4 is 11.9 Å². The summed E-state index contributed by atoms with van der Waals surface area (Å²) in [5.41, 5.74) is 1.13. The molecule has 2 N–H and O–H groups in total. The zero-order valence-electron chi connectivity index (χ0n) is 14.0. The first kappa shape index (κ1) is 17.2. The molecule has 0 radical (unpaired) electrons. The van der Waals surface area contributed by atoms with Gasteiger partial charge in [0, 0.05) is 25.5 Å². The van der Waals surface area contributed by atoms with Crippen molar-refractivity contribution in [1.82, 2.24) is 15.0 Å². The molecule has 3 rings (SSSR count). The number of carboxylic acid groups (broad SMARTS) is 1. The number of aliphatic hydroxyl groups excluding tert-OH is 1. The van der Waals surface area contributed by atoms with E-state index >= 15 is 0 Å². The van der Waals surface area contributed by atoms with E-state index in [1.165, 1.54) is 18.3 Å². The molecule has 8 heteroatoms. The molecule has 1 aliphatic rings. The number of nitrogens with zero attached hydrogens (tertiary/aromatic N) is 4. The smallest absolute Gasteiger partial charge is 0.335 e. The summed E-state index contributed by atoms with van der Waals surface area (Å²) >= 11 is 0. The maximum atomic E-state index is 11.1. The molecule has 3 heterocycles. The Bertz CT molecular complexity index is 768. The highest BCUT2D eigenvalue weighted by atomic mass is 16.5. The predicted molar refractivity (Wildman–Crippen MR) is 90.5 cm³/mol. The molecule has 132 valence electrons. The average molecular weight is 344 g/mol. The molecule has 1 aliphatic heterocycles. The van der Waals surface area contributed by atoms with Gasteiger partial charge in [-0.05, 0) is 32.0 Å². The standard InChI is InChI=1S/C17H20N4O4/c1-10(2)25-15-9-21(8-14(15)22)17-19-6-4-12(20-17)13-7-11(16(23)24)3-5-18-13/h3-7,10,14-15,22H,8-9H2,1-2H3,(H,23,24)/t14-,15-/m1/s1. The van der Waals surface area contributed by atoms with Crippen LogP contribution in [0.5, 0.6) is 0 Å². The Morgan fingerprint density at radius 3 is 2.72 bits per heavy atom. The normalized spacial score (nSPS) is 20.2. The van der Waals surface area contributed by atoms with Crippen molar-refractivity contribution in [3.8, 4) is 11.4 Å². The highest BCUT2D eigenvalue weighted by Crippen LogP contribution is 2.22. The van der Waals surface area contributed by atoms with Crippen LogP contribution in [-0.4, -0.2) is 62.5 Å². The van der Waals surface area contributed by atoms with Gasteiger partial charge in [-0.25, -0.2) is 14.8 Å². The van der Waals surface area contributed by atoms with Crippen molar-refractivity contribution in [2.45, 2.75) is 32.2 Å². The highest BCUT2D eigenvalue weighted by molar-refractivity contribution is 5.88. The fourth-order valence-corrected chi connectivity index (χ4v) is 2.75. The Hall–Kier alpha value is -2.58. The fraction of sp³-hybridized carbons (Fsp3) is 0.412. The van der Waals surface area contributed by atoms with Crippen molar-refractivity contribution in [3.63, 3.8) is 0 Å². The Balaban J connectivity index is 1.83. The molecule has 2 aromatic heterocycles. The van der Waals surface area contributed by atoms with Gasteiger partial charge in [0.1, 0.15) is 6.10 Å². The van der Waals surface area contributed by atoms with Gasteiger partial charge in [-0.2, -0.15) is 0 Å². The minimum Gasteiger partial charge on any atom is -0.478 e. The quantitative estimate of drug-likeness (QED) is 0.833. The van der Waals surface area contributed by atoms with Gasteiger partial charge in [0.25, 0.3) is 0 Å². The highest BCUT2D eigenvalue weighted by Gasteiger charge is 2.34. The van der Waals surface area contributed by atoms with Gasteiger partial charge < -0.3 is 19.8 Å². The van der Waals surface area contributed by atoms with Crippen LogP contribution < -0.4 is 4.90 Å². The van der Waals surface area contributed by atoms with Crippen LogP contribution in [0, 0.1) is 0 Å². The van der Waals surface area contributed by atoms with Gasteiger partial charge in [0.2, 0.25) is 5.95 Å². The van der Waals surface area contributed by atoms with Crippen LogP contribution in [0.15, 0.2) is 30.6 Å². The lowest BCUT2D eigenvalue weighted by atomic mass is 10.2. The molecule has 1 saturated heterocycles. The molecule has 1 fully saturated rings. The molecule has 8 nitrogen and oxygen atoms in total. The minimum atomic E-state index is -1.02. The minimum absolute atomic E-state index is 0.0230. The van der Waals surface area contributed by atoms with E-state index in [1.807, 2.05) is 18.7 Å². The predicted octanol–water partition coefficient (Wildman–Crippen LogP) is 1.21. The Morgan fingerprint density at radius 2 is 2.00 bits per heavy atom. The van der Waals surface area contributed by atoms with E-state index in [0.29, 0.717) is 30.4 Å². The number of aromatic carboxylic acids is 1. The molecule has 0 unspecified atom stereocenters. The first-order chi connectivity index (χ1) is 11.9. The largest absolute Gasteiger partial charge is 0.478 e. The lowest BCUT2D eigenvalue weighted by Gasteiger charge is -2.18. The van der Waals surface area contributed by atoms with Gasteiger partial charge in [-0.15, -0.1) is 0 Å². The molecule has 0 bridgehead atoms. The van der Waals surface area contributed by atoms with Crippen molar-refractivity contribution in [2.75, 3.05) is 18.0 Å². The third-order valence-electron chi connectivity index (χ3n) is 3.88. The van der Waals surface area contributed by atoms with Crippen LogP contribution in [0.4, 0.5) is 5.95 Å². The van der Waals surface area contributed by atoms with Crippen molar-refractivity contribution in [2.24, 2.45) is 0 Å². The molecule has 0 aliphatic carbocycles. The number of hydrogen-bond donors (Lipinski definition) is 2. The maximum absolute atomic E-state index is 11.1. The van der Waals surface area contributed by atoms with E-state index in [-0.39, 0.29) is 17.8 Å². The lowest BCUT2D eigenvalue weighted by molar-refractivity contribution is -0.0386. The van der Waals surface area contributed by atoms with Crippen molar-refractivity contribution in [3.05, 3.63) is 36.2 Å². The molecule has 2 atom stereocenters. The molecule has 2 aromatic rings. The van der Waals surface area contributed by atoms with Crippen molar-refractivity contribution < 1.29 is 19.7 Å². The van der Waals surface area contributed by atoms with E-state index in [2.05, 4.69) is 15.0 Å². The Labute approximate surface area is 145 Å². The second kappa shape index (κ2) is 7.12. The number of carboxylic acids is 1. The summed E-state index contributed by atoms with van der Waals surface area (Å²) in [6.45, 7) is 4.72. The number of carbonyl (C=O) groups is 1. The maximum Gasteiger partial charge on any atom is 0.335 e. The van der Waals surface area contributed by atoms with Gasteiger partial charge in [-0.1, -0.05) is 0 Å². The lowest BCUT2D eigenvalue weighted by Crippen LogP contribution is -2.29. The number of β-amino-alcohol motifs (C(OH)–C–C–N with tert-alkyl or cyclic N) is 1. The molecule has 0 spiro atoms. The summed E-state index contributed by atoms with van der Waals surface area (Å²) in [5.74, 6) is -0.566. The topological polar surface area (TPSA) is 109 Å². The number of rotatable bonds is 5. The summed E-state index contributed by atoms with van der Waals surface area (Å²) in [6, 6.07) is 4.57. The van der Waals surface area contributed by atoms with Crippen LogP contribution in [0.25, 0.3) is 11.4 Å². The molecular weight excluding hydrogens is 324 g/mol. The average Bonchev–Trinajstić information content (AvgIpc) is 2.95. The number of anilines is 1. The van der Waals surface area contributed by atoms with Crippen LogP contribution >= 0.6 is 0 Å². The van der Waals surface area contributed by atoms with Gasteiger partial charge >= 0.3 is 5.97 Å². The summed E-state index contributed by atoms with van der Waals surface area (Å²) in [7, 11) is 0.